The minimum atomic E-state index is -3.54. The molecule has 0 spiro atoms. The summed E-state index contributed by atoms with van der Waals surface area (Å²) >= 11 is 0. The fourth-order valence-electron chi connectivity index (χ4n) is 1.32. The van der Waals surface area contributed by atoms with Gasteiger partial charge in [-0.2, -0.15) is 0 Å². The molecule has 0 aliphatic heterocycles. The number of esters is 1. The lowest BCUT2D eigenvalue weighted by molar-refractivity contribution is -0.139. The van der Waals surface area contributed by atoms with Crippen molar-refractivity contribution in [1.29, 1.82) is 0 Å². The summed E-state index contributed by atoms with van der Waals surface area (Å²) in [6.07, 6.45) is 3.15. The molecule has 0 aromatic heterocycles. The summed E-state index contributed by atoms with van der Waals surface area (Å²) < 4.78 is 29.7. The van der Waals surface area contributed by atoms with Crippen molar-refractivity contribution in [2.24, 2.45) is 0 Å². The van der Waals surface area contributed by atoms with Crippen LogP contribution in [-0.4, -0.2) is 45.9 Å². The molecule has 1 saturated carbocycles. The standard InChI is InChI=1S/C10H20N2O4S/c1-2-16-10(13)8-17(14,15)12-7-3-6-11-9-4-5-9/h9,11-12H,2-8H2,1H3. The first kappa shape index (κ1) is 14.4. The fourth-order valence-corrected chi connectivity index (χ4v) is 2.27. The van der Waals surface area contributed by atoms with Crippen molar-refractivity contribution in [3.05, 3.63) is 0 Å². The van der Waals surface area contributed by atoms with Gasteiger partial charge in [-0.3, -0.25) is 4.79 Å². The summed E-state index contributed by atoms with van der Waals surface area (Å²) in [5.74, 6) is -1.31. The van der Waals surface area contributed by atoms with Gasteiger partial charge in [-0.1, -0.05) is 0 Å². The van der Waals surface area contributed by atoms with E-state index >= 15 is 0 Å². The van der Waals surface area contributed by atoms with Gasteiger partial charge in [-0.25, -0.2) is 13.1 Å². The molecule has 1 rings (SSSR count). The van der Waals surface area contributed by atoms with E-state index in [2.05, 4.69) is 14.8 Å². The molecule has 0 aromatic rings. The van der Waals surface area contributed by atoms with Crippen molar-refractivity contribution in [2.45, 2.75) is 32.2 Å². The lowest BCUT2D eigenvalue weighted by Gasteiger charge is -2.06. The van der Waals surface area contributed by atoms with Crippen LogP contribution in [0.2, 0.25) is 0 Å². The highest BCUT2D eigenvalue weighted by molar-refractivity contribution is 7.90. The molecule has 6 nitrogen and oxygen atoms in total. The highest BCUT2D eigenvalue weighted by Crippen LogP contribution is 2.18. The Morgan fingerprint density at radius 2 is 2.06 bits per heavy atom. The predicted octanol–water partition coefficient (Wildman–Crippen LogP) is -0.389. The molecule has 1 fully saturated rings. The van der Waals surface area contributed by atoms with Crippen molar-refractivity contribution < 1.29 is 17.9 Å². The van der Waals surface area contributed by atoms with Crippen LogP contribution in [0.4, 0.5) is 0 Å². The molecular formula is C10H20N2O4S. The Morgan fingerprint density at radius 1 is 1.35 bits per heavy atom. The second kappa shape index (κ2) is 6.93. The van der Waals surface area contributed by atoms with Crippen molar-refractivity contribution in [2.75, 3.05) is 25.4 Å². The second-order valence-corrected chi connectivity index (χ2v) is 5.85. The summed E-state index contributed by atoms with van der Waals surface area (Å²) in [7, 11) is -3.54. The second-order valence-electron chi connectivity index (χ2n) is 4.04. The Labute approximate surface area is 102 Å². The van der Waals surface area contributed by atoms with Crippen molar-refractivity contribution in [1.82, 2.24) is 10.0 Å². The Balaban J connectivity index is 2.08. The molecule has 1 aliphatic carbocycles. The molecule has 0 unspecified atom stereocenters. The normalized spacial score (nSPS) is 15.8. The number of carbonyl (C=O) groups is 1. The number of nitrogens with one attached hydrogen (secondary N) is 2. The van der Waals surface area contributed by atoms with Crippen LogP contribution in [0, 0.1) is 0 Å². The summed E-state index contributed by atoms with van der Waals surface area (Å²) in [4.78, 5) is 11.0. The molecule has 0 saturated heterocycles. The Hall–Kier alpha value is -0.660. The third-order valence-corrected chi connectivity index (χ3v) is 3.56. The van der Waals surface area contributed by atoms with Crippen LogP contribution in [0.5, 0.6) is 0 Å². The summed E-state index contributed by atoms with van der Waals surface area (Å²) in [5.41, 5.74) is 0. The van der Waals surface area contributed by atoms with Gasteiger partial charge in [0, 0.05) is 12.6 Å². The van der Waals surface area contributed by atoms with Crippen molar-refractivity contribution in [3.63, 3.8) is 0 Å². The highest BCUT2D eigenvalue weighted by atomic mass is 32.2. The van der Waals surface area contributed by atoms with Crippen molar-refractivity contribution in [3.8, 4) is 0 Å². The fraction of sp³-hybridized carbons (Fsp3) is 0.900. The van der Waals surface area contributed by atoms with Crippen molar-refractivity contribution >= 4 is 16.0 Å². The summed E-state index contributed by atoms with van der Waals surface area (Å²) in [6.45, 7) is 2.98. The zero-order valence-electron chi connectivity index (χ0n) is 10.1. The van der Waals surface area contributed by atoms with Crippen LogP contribution in [0.15, 0.2) is 0 Å². The summed E-state index contributed by atoms with van der Waals surface area (Å²) in [6, 6.07) is 0.631. The van der Waals surface area contributed by atoms with E-state index in [0.29, 0.717) is 12.6 Å². The Kier molecular flexibility index (Phi) is 5.87. The first-order valence-corrected chi connectivity index (χ1v) is 7.55. The first-order valence-electron chi connectivity index (χ1n) is 5.90. The van der Waals surface area contributed by atoms with Crippen LogP contribution < -0.4 is 10.0 Å². The third kappa shape index (κ3) is 7.30. The Morgan fingerprint density at radius 3 is 2.65 bits per heavy atom. The number of hydrogen-bond donors (Lipinski definition) is 2. The van der Waals surface area contributed by atoms with Gasteiger partial charge in [0.15, 0.2) is 5.75 Å². The minimum Gasteiger partial charge on any atom is -0.465 e. The van der Waals surface area contributed by atoms with Gasteiger partial charge < -0.3 is 10.1 Å². The van der Waals surface area contributed by atoms with E-state index in [9.17, 15) is 13.2 Å². The van der Waals surface area contributed by atoms with Gasteiger partial charge in [0.25, 0.3) is 0 Å². The lowest BCUT2D eigenvalue weighted by atomic mass is 10.4. The number of carbonyl (C=O) groups excluding carboxylic acids is 1. The monoisotopic (exact) mass is 264 g/mol. The molecule has 0 heterocycles. The topological polar surface area (TPSA) is 84.5 Å². The zero-order valence-corrected chi connectivity index (χ0v) is 10.9. The molecule has 17 heavy (non-hydrogen) atoms. The van der Waals surface area contributed by atoms with Crippen LogP contribution >= 0.6 is 0 Å². The smallest absolute Gasteiger partial charge is 0.322 e. The maximum Gasteiger partial charge on any atom is 0.322 e. The molecule has 0 aromatic carbocycles. The van der Waals surface area contributed by atoms with E-state index in [-0.39, 0.29) is 6.61 Å². The third-order valence-electron chi connectivity index (χ3n) is 2.30. The van der Waals surface area contributed by atoms with Gasteiger partial charge in [0.05, 0.1) is 6.61 Å². The number of hydrogen-bond acceptors (Lipinski definition) is 5. The molecule has 7 heteroatoms. The van der Waals surface area contributed by atoms with E-state index in [0.717, 1.165) is 13.0 Å². The van der Waals surface area contributed by atoms with E-state index in [1.807, 2.05) is 0 Å². The van der Waals surface area contributed by atoms with Gasteiger partial charge in [-0.15, -0.1) is 0 Å². The van der Waals surface area contributed by atoms with Crippen LogP contribution in [0.1, 0.15) is 26.2 Å². The first-order chi connectivity index (χ1) is 8.03. The van der Waals surface area contributed by atoms with Crippen LogP contribution in [0.3, 0.4) is 0 Å². The predicted molar refractivity (Wildman–Crippen MR) is 64.1 cm³/mol. The SMILES string of the molecule is CCOC(=O)CS(=O)(=O)NCCCNC1CC1. The average molecular weight is 264 g/mol. The highest BCUT2D eigenvalue weighted by Gasteiger charge is 2.20. The van der Waals surface area contributed by atoms with E-state index in [4.69, 9.17) is 0 Å². The number of sulfonamides is 1. The van der Waals surface area contributed by atoms with Gasteiger partial charge in [0.2, 0.25) is 10.0 Å². The molecule has 1 aliphatic rings. The van der Waals surface area contributed by atoms with E-state index < -0.39 is 21.7 Å². The van der Waals surface area contributed by atoms with Gasteiger partial charge >= 0.3 is 5.97 Å². The molecule has 0 bridgehead atoms. The largest absolute Gasteiger partial charge is 0.465 e. The zero-order chi connectivity index (χ0) is 12.7. The quantitative estimate of drug-likeness (QED) is 0.438. The molecule has 2 N–H and O–H groups in total. The van der Waals surface area contributed by atoms with Crippen LogP contribution in [-0.2, 0) is 19.6 Å². The maximum atomic E-state index is 11.4. The van der Waals surface area contributed by atoms with Gasteiger partial charge in [-0.05, 0) is 32.7 Å². The molecule has 0 amide bonds. The van der Waals surface area contributed by atoms with E-state index in [1.165, 1.54) is 12.8 Å². The maximum absolute atomic E-state index is 11.4. The van der Waals surface area contributed by atoms with Crippen LogP contribution in [0.25, 0.3) is 0 Å². The Bertz CT molecular complexity index is 338. The lowest BCUT2D eigenvalue weighted by Crippen LogP contribution is -2.33. The molecule has 0 radical (unpaired) electrons. The van der Waals surface area contributed by atoms with Gasteiger partial charge in [0.1, 0.15) is 0 Å². The molecular weight excluding hydrogens is 244 g/mol. The molecule has 100 valence electrons. The number of rotatable bonds is 9. The summed E-state index contributed by atoms with van der Waals surface area (Å²) in [5, 5.41) is 3.28. The average Bonchev–Trinajstić information content (AvgIpc) is 3.00. The number of ether oxygens (including phenoxy) is 1. The molecule has 0 atom stereocenters. The van der Waals surface area contributed by atoms with E-state index in [1.54, 1.807) is 6.92 Å². The minimum absolute atomic E-state index is 0.194.